The molecule has 1 aromatic heterocycles. The summed E-state index contributed by atoms with van der Waals surface area (Å²) in [7, 11) is 1.75. The Labute approximate surface area is 162 Å². The maximum absolute atomic E-state index is 12.4. The molecule has 2 aromatic rings. The Hall–Kier alpha value is -3.22. The van der Waals surface area contributed by atoms with Gasteiger partial charge in [-0.15, -0.1) is 0 Å². The van der Waals surface area contributed by atoms with E-state index in [1.54, 1.807) is 48.3 Å². The van der Waals surface area contributed by atoms with E-state index in [9.17, 15) is 14.4 Å². The molecule has 1 fully saturated rings. The predicted octanol–water partition coefficient (Wildman–Crippen LogP) is 1.92. The predicted molar refractivity (Wildman–Crippen MR) is 104 cm³/mol. The van der Waals surface area contributed by atoms with E-state index >= 15 is 0 Å². The van der Waals surface area contributed by atoms with Gasteiger partial charge in [0.1, 0.15) is 0 Å². The minimum absolute atomic E-state index is 0.206. The summed E-state index contributed by atoms with van der Waals surface area (Å²) in [4.78, 5) is 40.6. The highest BCUT2D eigenvalue weighted by molar-refractivity contribution is 6.39. The number of hydrogen-bond acceptors (Lipinski definition) is 4. The topological polar surface area (TPSA) is 93.1 Å². The van der Waals surface area contributed by atoms with Crippen LogP contribution in [0.15, 0.2) is 48.8 Å². The van der Waals surface area contributed by atoms with Crippen LogP contribution < -0.4 is 10.6 Å². The van der Waals surface area contributed by atoms with Crippen LogP contribution in [0.2, 0.25) is 0 Å². The van der Waals surface area contributed by atoms with Gasteiger partial charge in [0.25, 0.3) is 0 Å². The highest BCUT2D eigenvalue weighted by atomic mass is 16.2. The van der Waals surface area contributed by atoms with Crippen molar-refractivity contribution < 1.29 is 14.4 Å². The van der Waals surface area contributed by atoms with Crippen LogP contribution >= 0.6 is 0 Å². The number of rotatable bonds is 5. The number of hydrogen-bond donors (Lipinski definition) is 2. The SMILES string of the molecule is Cn1ccnc1C(=O)c1ccc(NC(=O)C(=O)NC[C@@H]2C[C@@H]3C=C[C@H]2C3)cc1. The van der Waals surface area contributed by atoms with Crippen LogP contribution in [-0.4, -0.2) is 33.7 Å². The van der Waals surface area contributed by atoms with Gasteiger partial charge >= 0.3 is 11.8 Å². The average Bonchev–Trinajstić information content (AvgIpc) is 3.43. The Balaban J connectivity index is 1.30. The molecule has 3 atom stereocenters. The fourth-order valence-corrected chi connectivity index (χ4v) is 4.04. The van der Waals surface area contributed by atoms with Gasteiger partial charge in [0, 0.05) is 37.2 Å². The molecule has 1 aromatic carbocycles. The van der Waals surface area contributed by atoms with Gasteiger partial charge < -0.3 is 15.2 Å². The largest absolute Gasteiger partial charge is 0.348 e. The van der Waals surface area contributed by atoms with Crippen LogP contribution in [0.25, 0.3) is 0 Å². The van der Waals surface area contributed by atoms with Crippen molar-refractivity contribution in [2.75, 3.05) is 11.9 Å². The van der Waals surface area contributed by atoms with Crippen molar-refractivity contribution in [1.29, 1.82) is 0 Å². The second-order valence-electron chi connectivity index (χ2n) is 7.47. The normalized spacial score (nSPS) is 22.2. The lowest BCUT2D eigenvalue weighted by atomic mass is 9.94. The zero-order chi connectivity index (χ0) is 19.7. The molecule has 0 saturated heterocycles. The van der Waals surface area contributed by atoms with Crippen molar-refractivity contribution >= 4 is 23.3 Å². The third kappa shape index (κ3) is 3.60. The highest BCUT2D eigenvalue weighted by Crippen LogP contribution is 2.42. The minimum atomic E-state index is -0.707. The molecule has 0 radical (unpaired) electrons. The van der Waals surface area contributed by atoms with Gasteiger partial charge in [-0.3, -0.25) is 14.4 Å². The maximum Gasteiger partial charge on any atom is 0.313 e. The number of aromatic nitrogens is 2. The zero-order valence-corrected chi connectivity index (χ0v) is 15.6. The van der Waals surface area contributed by atoms with E-state index in [-0.39, 0.29) is 5.78 Å². The molecule has 2 N–H and O–H groups in total. The van der Waals surface area contributed by atoms with Crippen LogP contribution in [0.4, 0.5) is 5.69 Å². The first kappa shape index (κ1) is 18.2. The van der Waals surface area contributed by atoms with E-state index in [0.29, 0.717) is 41.4 Å². The molecule has 2 amide bonds. The molecule has 7 nitrogen and oxygen atoms in total. The number of allylic oxidation sites excluding steroid dienone is 2. The highest BCUT2D eigenvalue weighted by Gasteiger charge is 2.35. The van der Waals surface area contributed by atoms with E-state index in [0.717, 1.165) is 12.8 Å². The van der Waals surface area contributed by atoms with Gasteiger partial charge in [-0.2, -0.15) is 0 Å². The van der Waals surface area contributed by atoms with E-state index in [1.165, 1.54) is 0 Å². The Bertz CT molecular complexity index is 945. The average molecular weight is 378 g/mol. The first-order chi connectivity index (χ1) is 13.5. The number of ketones is 1. The van der Waals surface area contributed by atoms with Gasteiger partial charge in [0.2, 0.25) is 5.78 Å². The number of nitrogens with one attached hydrogen (secondary N) is 2. The van der Waals surface area contributed by atoms with Crippen molar-refractivity contribution in [3.8, 4) is 0 Å². The summed E-state index contributed by atoms with van der Waals surface area (Å²) in [5, 5.41) is 5.30. The number of fused-ring (bicyclic) bond motifs is 2. The number of carbonyl (C=O) groups excluding carboxylic acids is 3. The molecular formula is C21H22N4O3. The van der Waals surface area contributed by atoms with Crippen molar-refractivity contribution in [1.82, 2.24) is 14.9 Å². The fourth-order valence-electron chi connectivity index (χ4n) is 4.04. The summed E-state index contributed by atoms with van der Waals surface area (Å²) in [5.41, 5.74) is 0.917. The molecule has 2 aliphatic rings. The second kappa shape index (κ2) is 7.42. The maximum atomic E-state index is 12.4. The van der Waals surface area contributed by atoms with Gasteiger partial charge in [-0.05, 0) is 54.9 Å². The third-order valence-corrected chi connectivity index (χ3v) is 5.58. The molecular weight excluding hydrogens is 356 g/mol. The standard InChI is InChI=1S/C21H22N4O3/c1-25-9-8-22-19(25)18(26)14-4-6-17(7-5-14)24-21(28)20(27)23-12-16-11-13-2-3-15(16)10-13/h2-9,13,15-16H,10-12H2,1H3,(H,23,27)(H,24,28)/t13-,15+,16+/m1/s1. The summed E-state index contributed by atoms with van der Waals surface area (Å²) < 4.78 is 1.65. The second-order valence-corrected chi connectivity index (χ2v) is 7.47. The van der Waals surface area contributed by atoms with Crippen molar-refractivity contribution in [2.24, 2.45) is 24.8 Å². The summed E-state index contributed by atoms with van der Waals surface area (Å²) in [6.07, 6.45) is 9.97. The third-order valence-electron chi connectivity index (χ3n) is 5.58. The Morgan fingerprint density at radius 3 is 2.50 bits per heavy atom. The Kier molecular flexibility index (Phi) is 4.81. The van der Waals surface area contributed by atoms with Crippen LogP contribution in [-0.2, 0) is 16.6 Å². The molecule has 28 heavy (non-hydrogen) atoms. The Morgan fingerprint density at radius 1 is 1.11 bits per heavy atom. The van der Waals surface area contributed by atoms with Crippen LogP contribution in [0.3, 0.4) is 0 Å². The minimum Gasteiger partial charge on any atom is -0.348 e. The quantitative estimate of drug-likeness (QED) is 0.472. The van der Waals surface area contributed by atoms with Crippen LogP contribution in [0, 0.1) is 17.8 Å². The summed E-state index contributed by atoms with van der Waals surface area (Å²) in [6.45, 7) is 0.523. The van der Waals surface area contributed by atoms with Crippen LogP contribution in [0.5, 0.6) is 0 Å². The number of imidazole rings is 1. The van der Waals surface area contributed by atoms with Crippen molar-refractivity contribution in [3.63, 3.8) is 0 Å². The van der Waals surface area contributed by atoms with Crippen molar-refractivity contribution in [2.45, 2.75) is 12.8 Å². The molecule has 4 rings (SSSR count). The zero-order valence-electron chi connectivity index (χ0n) is 15.6. The molecule has 0 aliphatic heterocycles. The lowest BCUT2D eigenvalue weighted by Crippen LogP contribution is -2.38. The van der Waals surface area contributed by atoms with Gasteiger partial charge in [0.15, 0.2) is 5.82 Å². The molecule has 1 heterocycles. The van der Waals surface area contributed by atoms with E-state index < -0.39 is 11.8 Å². The van der Waals surface area contributed by atoms with Crippen LogP contribution in [0.1, 0.15) is 29.0 Å². The van der Waals surface area contributed by atoms with Gasteiger partial charge in [0.05, 0.1) is 0 Å². The molecule has 2 aliphatic carbocycles. The first-order valence-corrected chi connectivity index (χ1v) is 9.41. The number of amides is 2. The van der Waals surface area contributed by atoms with Crippen molar-refractivity contribution in [3.05, 3.63) is 60.2 Å². The number of carbonyl (C=O) groups is 3. The molecule has 7 heteroatoms. The smallest absolute Gasteiger partial charge is 0.313 e. The number of nitrogens with zero attached hydrogens (tertiary/aromatic N) is 2. The first-order valence-electron chi connectivity index (χ1n) is 9.41. The molecule has 0 unspecified atom stereocenters. The number of aryl methyl sites for hydroxylation is 1. The molecule has 144 valence electrons. The summed E-state index contributed by atoms with van der Waals surface area (Å²) in [6, 6.07) is 6.41. The van der Waals surface area contributed by atoms with E-state index in [4.69, 9.17) is 0 Å². The Morgan fingerprint density at radius 2 is 1.89 bits per heavy atom. The summed E-state index contributed by atoms with van der Waals surface area (Å²) in [5.74, 6) is 0.365. The fraction of sp³-hybridized carbons (Fsp3) is 0.333. The van der Waals surface area contributed by atoms with E-state index in [1.807, 2.05) is 0 Å². The monoisotopic (exact) mass is 378 g/mol. The lowest BCUT2D eigenvalue weighted by molar-refractivity contribution is -0.136. The number of anilines is 1. The van der Waals surface area contributed by atoms with Gasteiger partial charge in [-0.25, -0.2) is 4.98 Å². The molecule has 2 bridgehead atoms. The summed E-state index contributed by atoms with van der Waals surface area (Å²) >= 11 is 0. The van der Waals surface area contributed by atoms with Gasteiger partial charge in [-0.1, -0.05) is 12.2 Å². The molecule has 1 saturated carbocycles. The van der Waals surface area contributed by atoms with E-state index in [2.05, 4.69) is 27.8 Å². The number of benzene rings is 1. The lowest BCUT2D eigenvalue weighted by Gasteiger charge is -2.18. The molecule has 0 spiro atoms.